The molecule has 2 aromatic rings. The smallest absolute Gasteiger partial charge is 0.292 e. The average Bonchev–Trinajstić information content (AvgIpc) is 2.65. The molecule has 0 aliphatic carbocycles. The SMILES string of the molecule is Cc1ccc(S(=O)(=O)N(C)CC(=O)NCCNc2ccccc2[N+](=O)[O-])cc1. The van der Waals surface area contributed by atoms with Gasteiger partial charge >= 0.3 is 0 Å². The second-order valence-electron chi connectivity index (χ2n) is 6.13. The predicted octanol–water partition coefficient (Wildman–Crippen LogP) is 1.75. The number of likely N-dealkylation sites (N-methyl/N-ethyl adjacent to an activating group) is 1. The van der Waals surface area contributed by atoms with Crippen LogP contribution >= 0.6 is 0 Å². The Labute approximate surface area is 163 Å². The fourth-order valence-electron chi connectivity index (χ4n) is 2.41. The summed E-state index contributed by atoms with van der Waals surface area (Å²) in [6.45, 7) is 1.96. The molecule has 0 saturated carbocycles. The van der Waals surface area contributed by atoms with Gasteiger partial charge in [-0.2, -0.15) is 4.31 Å². The summed E-state index contributed by atoms with van der Waals surface area (Å²) in [7, 11) is -2.42. The largest absolute Gasteiger partial charge is 0.378 e. The maximum absolute atomic E-state index is 12.5. The van der Waals surface area contributed by atoms with Crippen molar-refractivity contribution in [3.63, 3.8) is 0 Å². The topological polar surface area (TPSA) is 122 Å². The second kappa shape index (κ2) is 9.29. The number of carbonyl (C=O) groups excluding carboxylic acids is 1. The van der Waals surface area contributed by atoms with Crippen LogP contribution in [0.25, 0.3) is 0 Å². The maximum Gasteiger partial charge on any atom is 0.292 e. The van der Waals surface area contributed by atoms with E-state index in [1.54, 1.807) is 30.3 Å². The van der Waals surface area contributed by atoms with Crippen molar-refractivity contribution in [1.82, 2.24) is 9.62 Å². The van der Waals surface area contributed by atoms with Crippen LogP contribution in [0.1, 0.15) is 5.56 Å². The molecule has 0 aliphatic heterocycles. The van der Waals surface area contributed by atoms with Crippen molar-refractivity contribution >= 4 is 27.3 Å². The first-order valence-corrected chi connectivity index (χ1v) is 9.93. The molecular weight excluding hydrogens is 384 g/mol. The summed E-state index contributed by atoms with van der Waals surface area (Å²) < 4.78 is 25.9. The van der Waals surface area contributed by atoms with Gasteiger partial charge in [-0.3, -0.25) is 14.9 Å². The van der Waals surface area contributed by atoms with E-state index in [9.17, 15) is 23.3 Å². The molecule has 0 radical (unpaired) electrons. The molecule has 0 spiro atoms. The van der Waals surface area contributed by atoms with Crippen molar-refractivity contribution in [1.29, 1.82) is 0 Å². The monoisotopic (exact) mass is 406 g/mol. The van der Waals surface area contributed by atoms with Gasteiger partial charge in [-0.1, -0.05) is 29.8 Å². The number of carbonyl (C=O) groups is 1. The van der Waals surface area contributed by atoms with E-state index in [4.69, 9.17) is 0 Å². The molecule has 2 aromatic carbocycles. The zero-order valence-electron chi connectivity index (χ0n) is 15.6. The zero-order valence-corrected chi connectivity index (χ0v) is 16.4. The minimum absolute atomic E-state index is 0.0576. The van der Waals surface area contributed by atoms with E-state index in [1.165, 1.54) is 25.2 Å². The van der Waals surface area contributed by atoms with Crippen LogP contribution in [0.3, 0.4) is 0 Å². The summed E-state index contributed by atoms with van der Waals surface area (Å²) in [5.74, 6) is -0.470. The second-order valence-corrected chi connectivity index (χ2v) is 8.17. The van der Waals surface area contributed by atoms with Gasteiger partial charge in [-0.25, -0.2) is 8.42 Å². The highest BCUT2D eigenvalue weighted by molar-refractivity contribution is 7.89. The van der Waals surface area contributed by atoms with Crippen LogP contribution in [0, 0.1) is 17.0 Å². The number of amides is 1. The van der Waals surface area contributed by atoms with E-state index in [0.29, 0.717) is 5.69 Å². The highest BCUT2D eigenvalue weighted by Gasteiger charge is 2.22. The lowest BCUT2D eigenvalue weighted by Crippen LogP contribution is -2.39. The Balaban J connectivity index is 1.84. The van der Waals surface area contributed by atoms with Crippen LogP contribution in [-0.4, -0.2) is 50.2 Å². The van der Waals surface area contributed by atoms with Crippen LogP contribution in [-0.2, 0) is 14.8 Å². The number of anilines is 1. The molecule has 0 aliphatic rings. The number of rotatable bonds is 9. The van der Waals surface area contributed by atoms with Gasteiger partial charge in [0.05, 0.1) is 16.4 Å². The summed E-state index contributed by atoms with van der Waals surface area (Å²) in [6.07, 6.45) is 0. The fraction of sp³-hybridized carbons (Fsp3) is 0.278. The molecule has 0 heterocycles. The first-order chi connectivity index (χ1) is 13.2. The molecule has 28 heavy (non-hydrogen) atoms. The molecule has 9 nitrogen and oxygen atoms in total. The summed E-state index contributed by atoms with van der Waals surface area (Å²) in [5.41, 5.74) is 1.23. The van der Waals surface area contributed by atoms with Crippen molar-refractivity contribution in [3.8, 4) is 0 Å². The molecule has 0 fully saturated rings. The molecule has 10 heteroatoms. The van der Waals surface area contributed by atoms with Crippen LogP contribution in [0.2, 0.25) is 0 Å². The number of nitro benzene ring substituents is 1. The van der Waals surface area contributed by atoms with E-state index in [2.05, 4.69) is 10.6 Å². The third-order valence-corrected chi connectivity index (χ3v) is 5.78. The standard InChI is InChI=1S/C18H22N4O5S/c1-14-7-9-15(10-8-14)28(26,27)21(2)13-18(23)20-12-11-19-16-5-3-4-6-17(16)22(24)25/h3-10,19H,11-13H2,1-2H3,(H,20,23). The van der Waals surface area contributed by atoms with Gasteiger partial charge < -0.3 is 10.6 Å². The Hall–Kier alpha value is -2.98. The highest BCUT2D eigenvalue weighted by Crippen LogP contribution is 2.22. The number of nitrogens with zero attached hydrogens (tertiary/aromatic N) is 2. The number of aryl methyl sites for hydroxylation is 1. The third kappa shape index (κ3) is 5.51. The molecular formula is C18H22N4O5S. The Morgan fingerprint density at radius 2 is 1.75 bits per heavy atom. The van der Waals surface area contributed by atoms with Crippen LogP contribution in [0.4, 0.5) is 11.4 Å². The predicted molar refractivity (Wildman–Crippen MR) is 106 cm³/mol. The van der Waals surface area contributed by atoms with E-state index < -0.39 is 20.9 Å². The van der Waals surface area contributed by atoms with Gasteiger partial charge in [0, 0.05) is 26.2 Å². The number of hydrogen-bond acceptors (Lipinski definition) is 6. The van der Waals surface area contributed by atoms with E-state index in [-0.39, 0.29) is 30.2 Å². The molecule has 1 amide bonds. The normalized spacial score (nSPS) is 11.2. The summed E-state index contributed by atoms with van der Waals surface area (Å²) >= 11 is 0. The molecule has 0 atom stereocenters. The van der Waals surface area contributed by atoms with Crippen molar-refractivity contribution < 1.29 is 18.1 Å². The molecule has 0 aromatic heterocycles. The maximum atomic E-state index is 12.5. The van der Waals surface area contributed by atoms with Gasteiger partial charge in [0.2, 0.25) is 15.9 Å². The first-order valence-electron chi connectivity index (χ1n) is 8.49. The van der Waals surface area contributed by atoms with Crippen molar-refractivity contribution in [2.75, 3.05) is 32.0 Å². The number of benzene rings is 2. The van der Waals surface area contributed by atoms with Gasteiger partial charge in [0.15, 0.2) is 0 Å². The molecule has 2 N–H and O–H groups in total. The molecule has 2 rings (SSSR count). The lowest BCUT2D eigenvalue weighted by molar-refractivity contribution is -0.384. The summed E-state index contributed by atoms with van der Waals surface area (Å²) in [5, 5.41) is 16.4. The minimum atomic E-state index is -3.76. The summed E-state index contributed by atoms with van der Waals surface area (Å²) in [6, 6.07) is 12.6. The molecule has 150 valence electrons. The number of para-hydroxylation sites is 2. The minimum Gasteiger partial charge on any atom is -0.378 e. The Morgan fingerprint density at radius 3 is 2.39 bits per heavy atom. The van der Waals surface area contributed by atoms with Gasteiger partial charge in [-0.05, 0) is 25.1 Å². The van der Waals surface area contributed by atoms with Crippen molar-refractivity contribution in [2.24, 2.45) is 0 Å². The number of nitrogens with one attached hydrogen (secondary N) is 2. The van der Waals surface area contributed by atoms with E-state index in [0.717, 1.165) is 9.87 Å². The van der Waals surface area contributed by atoms with Crippen LogP contribution < -0.4 is 10.6 Å². The highest BCUT2D eigenvalue weighted by atomic mass is 32.2. The summed E-state index contributed by atoms with van der Waals surface area (Å²) in [4.78, 5) is 22.6. The zero-order chi connectivity index (χ0) is 20.7. The van der Waals surface area contributed by atoms with E-state index in [1.807, 2.05) is 6.92 Å². The quantitative estimate of drug-likeness (QED) is 0.372. The lowest BCUT2D eigenvalue weighted by atomic mass is 10.2. The first kappa shape index (κ1) is 21.3. The molecule has 0 saturated heterocycles. The Bertz CT molecular complexity index is 945. The Kier molecular flexibility index (Phi) is 7.07. The van der Waals surface area contributed by atoms with Gasteiger partial charge in [0.1, 0.15) is 5.69 Å². The van der Waals surface area contributed by atoms with Crippen LogP contribution in [0.15, 0.2) is 53.4 Å². The fourth-order valence-corrected chi connectivity index (χ4v) is 3.54. The van der Waals surface area contributed by atoms with Crippen molar-refractivity contribution in [3.05, 3.63) is 64.2 Å². The van der Waals surface area contributed by atoms with Gasteiger partial charge in [-0.15, -0.1) is 0 Å². The number of hydrogen-bond donors (Lipinski definition) is 2. The number of sulfonamides is 1. The number of nitro groups is 1. The lowest BCUT2D eigenvalue weighted by Gasteiger charge is -2.17. The van der Waals surface area contributed by atoms with E-state index >= 15 is 0 Å². The Morgan fingerprint density at radius 1 is 1.11 bits per heavy atom. The van der Waals surface area contributed by atoms with Crippen LogP contribution in [0.5, 0.6) is 0 Å². The third-order valence-electron chi connectivity index (χ3n) is 3.96. The molecule has 0 unspecified atom stereocenters. The van der Waals surface area contributed by atoms with Gasteiger partial charge in [0.25, 0.3) is 5.69 Å². The van der Waals surface area contributed by atoms with Crippen molar-refractivity contribution in [2.45, 2.75) is 11.8 Å². The molecule has 0 bridgehead atoms. The average molecular weight is 406 g/mol.